The zero-order valence-electron chi connectivity index (χ0n) is 12.5. The molecule has 0 saturated heterocycles. The molecule has 1 aliphatic carbocycles. The average Bonchev–Trinajstić information content (AvgIpc) is 2.46. The lowest BCUT2D eigenvalue weighted by molar-refractivity contribution is 0.184. The Hall–Kier alpha value is -1.64. The van der Waals surface area contributed by atoms with Crippen LogP contribution in [0.1, 0.15) is 53.5 Å². The molecule has 1 atom stereocenters. The Labute approximate surface area is 126 Å². The highest BCUT2D eigenvalue weighted by Crippen LogP contribution is 2.37. The smallest absolute Gasteiger partial charge is 0.104 e. The van der Waals surface area contributed by atoms with Crippen LogP contribution in [-0.4, -0.2) is 12.2 Å². The number of rotatable bonds is 5. The van der Waals surface area contributed by atoms with Gasteiger partial charge in [-0.1, -0.05) is 55.0 Å². The maximum Gasteiger partial charge on any atom is 0.104 e. The fraction of sp³-hybridized carbons (Fsp3) is 0.368. The van der Waals surface area contributed by atoms with Gasteiger partial charge < -0.3 is 9.84 Å². The molecule has 1 saturated carbocycles. The molecule has 2 aromatic carbocycles. The summed E-state index contributed by atoms with van der Waals surface area (Å²) in [6.07, 6.45) is 3.34. The van der Waals surface area contributed by atoms with Crippen molar-refractivity contribution >= 4 is 0 Å². The lowest BCUT2D eigenvalue weighted by Crippen LogP contribution is -2.09. The van der Waals surface area contributed by atoms with Crippen LogP contribution < -0.4 is 0 Å². The van der Waals surface area contributed by atoms with E-state index in [4.69, 9.17) is 4.74 Å². The molecule has 0 spiro atoms. The SMILES string of the molecule is COCc1ccc(C(O)c2cccc(C3CCC3)c2)cc1. The number of aliphatic hydroxyl groups is 1. The monoisotopic (exact) mass is 282 g/mol. The molecule has 3 rings (SSSR count). The third-order valence-corrected chi connectivity index (χ3v) is 4.41. The van der Waals surface area contributed by atoms with Crippen LogP contribution in [0.4, 0.5) is 0 Å². The number of benzene rings is 2. The molecule has 21 heavy (non-hydrogen) atoms. The number of ether oxygens (including phenoxy) is 1. The Bertz CT molecular complexity index is 585. The minimum Gasteiger partial charge on any atom is -0.384 e. The second-order valence-corrected chi connectivity index (χ2v) is 5.88. The van der Waals surface area contributed by atoms with Crippen LogP contribution in [0, 0.1) is 0 Å². The molecule has 1 fully saturated rings. The van der Waals surface area contributed by atoms with E-state index in [0.717, 1.165) is 16.7 Å². The van der Waals surface area contributed by atoms with Crippen molar-refractivity contribution in [1.29, 1.82) is 0 Å². The van der Waals surface area contributed by atoms with Crippen molar-refractivity contribution in [3.63, 3.8) is 0 Å². The predicted molar refractivity (Wildman–Crippen MR) is 84.3 cm³/mol. The van der Waals surface area contributed by atoms with Gasteiger partial charge in [-0.25, -0.2) is 0 Å². The first-order valence-electron chi connectivity index (χ1n) is 7.63. The summed E-state index contributed by atoms with van der Waals surface area (Å²) >= 11 is 0. The average molecular weight is 282 g/mol. The van der Waals surface area contributed by atoms with Crippen LogP contribution in [-0.2, 0) is 11.3 Å². The van der Waals surface area contributed by atoms with E-state index < -0.39 is 6.10 Å². The second-order valence-electron chi connectivity index (χ2n) is 5.88. The highest BCUT2D eigenvalue weighted by atomic mass is 16.5. The Morgan fingerprint density at radius 3 is 2.48 bits per heavy atom. The van der Waals surface area contributed by atoms with Crippen molar-refractivity contribution in [2.75, 3.05) is 7.11 Å². The normalized spacial score (nSPS) is 16.5. The van der Waals surface area contributed by atoms with Crippen molar-refractivity contribution in [3.05, 3.63) is 70.8 Å². The first kappa shape index (κ1) is 14.3. The van der Waals surface area contributed by atoms with Gasteiger partial charge in [0.1, 0.15) is 6.10 Å². The molecule has 2 heteroatoms. The Morgan fingerprint density at radius 2 is 1.86 bits per heavy atom. The topological polar surface area (TPSA) is 29.5 Å². The van der Waals surface area contributed by atoms with Gasteiger partial charge in [0.25, 0.3) is 0 Å². The fourth-order valence-electron chi connectivity index (χ4n) is 2.88. The van der Waals surface area contributed by atoms with E-state index in [9.17, 15) is 5.11 Å². The highest BCUT2D eigenvalue weighted by Gasteiger charge is 2.20. The summed E-state index contributed by atoms with van der Waals surface area (Å²) in [6.45, 7) is 0.605. The third kappa shape index (κ3) is 3.17. The van der Waals surface area contributed by atoms with Gasteiger partial charge in [0, 0.05) is 7.11 Å². The molecule has 0 heterocycles. The molecule has 1 unspecified atom stereocenters. The summed E-state index contributed by atoms with van der Waals surface area (Å²) in [5, 5.41) is 10.6. The molecule has 1 N–H and O–H groups in total. The Balaban J connectivity index is 1.78. The first-order valence-corrected chi connectivity index (χ1v) is 7.63. The third-order valence-electron chi connectivity index (χ3n) is 4.41. The van der Waals surface area contributed by atoms with Gasteiger partial charge in [0.05, 0.1) is 6.61 Å². The second kappa shape index (κ2) is 6.42. The van der Waals surface area contributed by atoms with E-state index in [-0.39, 0.29) is 0 Å². The summed E-state index contributed by atoms with van der Waals surface area (Å²) in [5.41, 5.74) is 4.41. The van der Waals surface area contributed by atoms with Gasteiger partial charge in [0.15, 0.2) is 0 Å². The van der Waals surface area contributed by atoms with Crippen molar-refractivity contribution < 1.29 is 9.84 Å². The van der Waals surface area contributed by atoms with E-state index in [2.05, 4.69) is 18.2 Å². The summed E-state index contributed by atoms with van der Waals surface area (Å²) in [7, 11) is 1.69. The summed E-state index contributed by atoms with van der Waals surface area (Å²) in [5.74, 6) is 0.696. The lowest BCUT2D eigenvalue weighted by Gasteiger charge is -2.26. The minimum absolute atomic E-state index is 0.554. The van der Waals surface area contributed by atoms with E-state index in [1.54, 1.807) is 7.11 Å². The van der Waals surface area contributed by atoms with Gasteiger partial charge in [-0.3, -0.25) is 0 Å². The van der Waals surface area contributed by atoms with Crippen molar-refractivity contribution in [2.45, 2.75) is 37.9 Å². The molecule has 1 aliphatic rings. The summed E-state index contributed by atoms with van der Waals surface area (Å²) < 4.78 is 5.11. The van der Waals surface area contributed by atoms with Crippen LogP contribution in [0.3, 0.4) is 0 Å². The Kier molecular flexibility index (Phi) is 4.37. The van der Waals surface area contributed by atoms with E-state index in [1.165, 1.54) is 24.8 Å². The lowest BCUT2D eigenvalue weighted by atomic mass is 9.79. The number of hydrogen-bond acceptors (Lipinski definition) is 2. The van der Waals surface area contributed by atoms with Crippen LogP contribution in [0.5, 0.6) is 0 Å². The van der Waals surface area contributed by atoms with E-state index in [0.29, 0.717) is 12.5 Å². The minimum atomic E-state index is -0.554. The molecule has 0 aromatic heterocycles. The van der Waals surface area contributed by atoms with Gasteiger partial charge in [0.2, 0.25) is 0 Å². The maximum atomic E-state index is 10.6. The molecule has 0 bridgehead atoms. The number of aliphatic hydroxyl groups excluding tert-OH is 1. The molecule has 2 nitrogen and oxygen atoms in total. The number of methoxy groups -OCH3 is 1. The first-order chi connectivity index (χ1) is 10.3. The Morgan fingerprint density at radius 1 is 1.10 bits per heavy atom. The molecule has 0 radical (unpaired) electrons. The molecular weight excluding hydrogens is 260 g/mol. The van der Waals surface area contributed by atoms with Gasteiger partial charge in [-0.15, -0.1) is 0 Å². The fourth-order valence-corrected chi connectivity index (χ4v) is 2.88. The van der Waals surface area contributed by atoms with Crippen LogP contribution >= 0.6 is 0 Å². The van der Waals surface area contributed by atoms with Crippen LogP contribution in [0.25, 0.3) is 0 Å². The van der Waals surface area contributed by atoms with E-state index in [1.807, 2.05) is 30.3 Å². The molecule has 0 amide bonds. The zero-order chi connectivity index (χ0) is 14.7. The van der Waals surface area contributed by atoms with Crippen LogP contribution in [0.15, 0.2) is 48.5 Å². The van der Waals surface area contributed by atoms with Gasteiger partial charge in [-0.2, -0.15) is 0 Å². The summed E-state index contributed by atoms with van der Waals surface area (Å²) in [6, 6.07) is 16.4. The van der Waals surface area contributed by atoms with Crippen molar-refractivity contribution in [1.82, 2.24) is 0 Å². The van der Waals surface area contributed by atoms with Crippen LogP contribution in [0.2, 0.25) is 0 Å². The van der Waals surface area contributed by atoms with Gasteiger partial charge in [-0.05, 0) is 41.0 Å². The standard InChI is InChI=1S/C19H22O2/c1-21-13-14-8-10-16(11-9-14)19(20)18-7-3-6-17(12-18)15-4-2-5-15/h3,6-12,15,19-20H,2,4-5,13H2,1H3. The van der Waals surface area contributed by atoms with Crippen molar-refractivity contribution in [2.24, 2.45) is 0 Å². The zero-order valence-corrected chi connectivity index (χ0v) is 12.5. The molecule has 110 valence electrons. The highest BCUT2D eigenvalue weighted by molar-refractivity contribution is 5.35. The molecule has 0 aliphatic heterocycles. The molecular formula is C19H22O2. The molecule has 2 aromatic rings. The van der Waals surface area contributed by atoms with Gasteiger partial charge >= 0.3 is 0 Å². The maximum absolute atomic E-state index is 10.6. The number of hydrogen-bond donors (Lipinski definition) is 1. The van der Waals surface area contributed by atoms with E-state index >= 15 is 0 Å². The summed E-state index contributed by atoms with van der Waals surface area (Å²) in [4.78, 5) is 0. The predicted octanol–water partition coefficient (Wildman–Crippen LogP) is 4.18. The quantitative estimate of drug-likeness (QED) is 0.891. The largest absolute Gasteiger partial charge is 0.384 e. The van der Waals surface area contributed by atoms with Crippen molar-refractivity contribution in [3.8, 4) is 0 Å².